The fourth-order valence-corrected chi connectivity index (χ4v) is 2.06. The molecule has 1 heterocycles. The van der Waals surface area contributed by atoms with E-state index >= 15 is 0 Å². The maximum absolute atomic E-state index is 11.8. The van der Waals surface area contributed by atoms with E-state index < -0.39 is 0 Å². The van der Waals surface area contributed by atoms with Crippen molar-refractivity contribution in [2.24, 2.45) is 0 Å². The lowest BCUT2D eigenvalue weighted by Gasteiger charge is -2.22. The van der Waals surface area contributed by atoms with E-state index in [0.717, 1.165) is 13.0 Å². The van der Waals surface area contributed by atoms with Crippen molar-refractivity contribution in [3.8, 4) is 0 Å². The van der Waals surface area contributed by atoms with Gasteiger partial charge in [-0.15, -0.1) is 12.4 Å². The molecule has 2 N–H and O–H groups in total. The first-order valence-electron chi connectivity index (χ1n) is 6.42. The summed E-state index contributed by atoms with van der Waals surface area (Å²) in [6, 6.07) is 8.24. The molecule has 106 valence electrons. The molecule has 4 nitrogen and oxygen atoms in total. The van der Waals surface area contributed by atoms with Crippen LogP contribution in [0.1, 0.15) is 11.1 Å². The minimum atomic E-state index is -0.337. The van der Waals surface area contributed by atoms with Crippen molar-refractivity contribution in [1.29, 1.82) is 0 Å². The SMILES string of the molecule is Cc1ccccc1CCNC(=O)C1CNCCO1.Cl. The largest absolute Gasteiger partial charge is 0.366 e. The van der Waals surface area contributed by atoms with Gasteiger partial charge in [-0.2, -0.15) is 0 Å². The van der Waals surface area contributed by atoms with Crippen molar-refractivity contribution in [3.63, 3.8) is 0 Å². The van der Waals surface area contributed by atoms with E-state index in [0.29, 0.717) is 19.7 Å². The number of benzene rings is 1. The molecule has 1 saturated heterocycles. The highest BCUT2D eigenvalue weighted by molar-refractivity contribution is 5.85. The number of amides is 1. The predicted molar refractivity (Wildman–Crippen MR) is 77.8 cm³/mol. The number of nitrogens with one attached hydrogen (secondary N) is 2. The summed E-state index contributed by atoms with van der Waals surface area (Å²) in [5.41, 5.74) is 2.54. The molecule has 1 amide bonds. The van der Waals surface area contributed by atoms with Crippen LogP contribution in [0.4, 0.5) is 0 Å². The van der Waals surface area contributed by atoms with Crippen molar-refractivity contribution in [1.82, 2.24) is 10.6 Å². The van der Waals surface area contributed by atoms with Gasteiger partial charge in [-0.3, -0.25) is 4.79 Å². The molecule has 0 saturated carbocycles. The molecule has 0 bridgehead atoms. The molecular weight excluding hydrogens is 264 g/mol. The minimum Gasteiger partial charge on any atom is -0.366 e. The monoisotopic (exact) mass is 284 g/mol. The third-order valence-corrected chi connectivity index (χ3v) is 3.17. The van der Waals surface area contributed by atoms with Crippen LogP contribution in [0.5, 0.6) is 0 Å². The zero-order chi connectivity index (χ0) is 12.8. The molecular formula is C14H21ClN2O2. The van der Waals surface area contributed by atoms with Gasteiger partial charge in [-0.1, -0.05) is 24.3 Å². The second-order valence-electron chi connectivity index (χ2n) is 4.53. The standard InChI is InChI=1S/C14H20N2O2.ClH/c1-11-4-2-3-5-12(11)6-7-16-14(17)13-10-15-8-9-18-13;/h2-5,13,15H,6-10H2,1H3,(H,16,17);1H. The molecule has 1 aromatic carbocycles. The average Bonchev–Trinajstić information content (AvgIpc) is 2.42. The first-order valence-corrected chi connectivity index (χ1v) is 6.42. The minimum absolute atomic E-state index is 0. The number of rotatable bonds is 4. The molecule has 19 heavy (non-hydrogen) atoms. The van der Waals surface area contributed by atoms with Crippen LogP contribution in [0.2, 0.25) is 0 Å². The Morgan fingerprint density at radius 3 is 2.95 bits per heavy atom. The Balaban J connectivity index is 0.00000180. The van der Waals surface area contributed by atoms with Crippen molar-refractivity contribution < 1.29 is 9.53 Å². The van der Waals surface area contributed by atoms with Crippen LogP contribution in [-0.4, -0.2) is 38.3 Å². The van der Waals surface area contributed by atoms with Crippen LogP contribution in [0.25, 0.3) is 0 Å². The van der Waals surface area contributed by atoms with E-state index in [9.17, 15) is 4.79 Å². The maximum atomic E-state index is 11.8. The highest BCUT2D eigenvalue weighted by Gasteiger charge is 2.20. The summed E-state index contributed by atoms with van der Waals surface area (Å²) in [4.78, 5) is 11.8. The fraction of sp³-hybridized carbons (Fsp3) is 0.500. The summed E-state index contributed by atoms with van der Waals surface area (Å²) in [6.07, 6.45) is 0.522. The van der Waals surface area contributed by atoms with Gasteiger partial charge in [0.15, 0.2) is 0 Å². The van der Waals surface area contributed by atoms with Gasteiger partial charge in [0.1, 0.15) is 6.10 Å². The van der Waals surface area contributed by atoms with E-state index in [1.807, 2.05) is 12.1 Å². The molecule has 1 aliphatic rings. The van der Waals surface area contributed by atoms with Gasteiger partial charge in [0.2, 0.25) is 5.91 Å². The van der Waals surface area contributed by atoms with Crippen molar-refractivity contribution in [2.45, 2.75) is 19.4 Å². The lowest BCUT2D eigenvalue weighted by atomic mass is 10.1. The number of ether oxygens (including phenoxy) is 1. The van der Waals surface area contributed by atoms with Crippen LogP contribution in [0.3, 0.4) is 0 Å². The van der Waals surface area contributed by atoms with E-state index in [1.165, 1.54) is 11.1 Å². The van der Waals surface area contributed by atoms with Gasteiger partial charge in [-0.25, -0.2) is 0 Å². The zero-order valence-corrected chi connectivity index (χ0v) is 12.0. The highest BCUT2D eigenvalue weighted by Crippen LogP contribution is 2.07. The van der Waals surface area contributed by atoms with E-state index in [2.05, 4.69) is 29.7 Å². The van der Waals surface area contributed by atoms with Crippen LogP contribution in [-0.2, 0) is 16.0 Å². The molecule has 1 unspecified atom stereocenters. The van der Waals surface area contributed by atoms with E-state index in [4.69, 9.17) is 4.74 Å². The van der Waals surface area contributed by atoms with Crippen LogP contribution in [0.15, 0.2) is 24.3 Å². The van der Waals surface area contributed by atoms with Crippen molar-refractivity contribution >= 4 is 18.3 Å². The Kier molecular flexibility index (Phi) is 6.84. The molecule has 1 aromatic rings. The molecule has 0 spiro atoms. The Morgan fingerprint density at radius 2 is 2.26 bits per heavy atom. The van der Waals surface area contributed by atoms with Gasteiger partial charge in [0, 0.05) is 19.6 Å². The number of aryl methyl sites for hydroxylation is 1. The Labute approximate surface area is 120 Å². The number of morpholine rings is 1. The lowest BCUT2D eigenvalue weighted by Crippen LogP contribution is -2.48. The predicted octanol–water partition coefficient (Wildman–Crippen LogP) is 1.06. The van der Waals surface area contributed by atoms with Crippen LogP contribution in [0, 0.1) is 6.92 Å². The van der Waals surface area contributed by atoms with Gasteiger partial charge in [0.05, 0.1) is 6.61 Å². The van der Waals surface area contributed by atoms with Crippen molar-refractivity contribution in [2.75, 3.05) is 26.2 Å². The summed E-state index contributed by atoms with van der Waals surface area (Å²) in [6.45, 7) is 4.79. The molecule has 1 aliphatic heterocycles. The van der Waals surface area contributed by atoms with Crippen LogP contribution >= 0.6 is 12.4 Å². The van der Waals surface area contributed by atoms with Crippen LogP contribution < -0.4 is 10.6 Å². The molecule has 5 heteroatoms. The van der Waals surface area contributed by atoms with Gasteiger partial charge in [-0.05, 0) is 24.5 Å². The third kappa shape index (κ3) is 4.82. The molecule has 1 fully saturated rings. The quantitative estimate of drug-likeness (QED) is 0.869. The summed E-state index contributed by atoms with van der Waals surface area (Å²) in [5.74, 6) is -0.0178. The topological polar surface area (TPSA) is 50.4 Å². The van der Waals surface area contributed by atoms with E-state index in [1.54, 1.807) is 0 Å². The lowest BCUT2D eigenvalue weighted by molar-refractivity contribution is -0.134. The van der Waals surface area contributed by atoms with Gasteiger partial charge < -0.3 is 15.4 Å². The summed E-state index contributed by atoms with van der Waals surface area (Å²) >= 11 is 0. The fourth-order valence-electron chi connectivity index (χ4n) is 2.06. The molecule has 0 aliphatic carbocycles. The highest BCUT2D eigenvalue weighted by atomic mass is 35.5. The Hall–Kier alpha value is -1.10. The third-order valence-electron chi connectivity index (χ3n) is 3.17. The Bertz CT molecular complexity index is 406. The first kappa shape index (κ1) is 16.0. The molecule has 0 aromatic heterocycles. The molecule has 1 atom stereocenters. The molecule has 2 rings (SSSR count). The second-order valence-corrected chi connectivity index (χ2v) is 4.53. The second kappa shape index (κ2) is 8.15. The van der Waals surface area contributed by atoms with Gasteiger partial charge in [0.25, 0.3) is 0 Å². The first-order chi connectivity index (χ1) is 8.77. The zero-order valence-electron chi connectivity index (χ0n) is 11.1. The normalized spacial score (nSPS) is 18.5. The van der Waals surface area contributed by atoms with E-state index in [-0.39, 0.29) is 24.4 Å². The smallest absolute Gasteiger partial charge is 0.250 e. The maximum Gasteiger partial charge on any atom is 0.250 e. The number of hydrogen-bond acceptors (Lipinski definition) is 3. The number of carbonyl (C=O) groups excluding carboxylic acids is 1. The number of carbonyl (C=O) groups is 1. The van der Waals surface area contributed by atoms with Crippen molar-refractivity contribution in [3.05, 3.63) is 35.4 Å². The number of hydrogen-bond donors (Lipinski definition) is 2. The summed E-state index contributed by atoms with van der Waals surface area (Å²) in [5, 5.41) is 6.07. The molecule has 0 radical (unpaired) electrons. The average molecular weight is 285 g/mol. The summed E-state index contributed by atoms with van der Waals surface area (Å²) < 4.78 is 5.39. The Morgan fingerprint density at radius 1 is 1.47 bits per heavy atom. The number of halogens is 1. The van der Waals surface area contributed by atoms with Gasteiger partial charge >= 0.3 is 0 Å². The summed E-state index contributed by atoms with van der Waals surface area (Å²) in [7, 11) is 0.